The van der Waals surface area contributed by atoms with Gasteiger partial charge in [0.2, 0.25) is 11.8 Å². The van der Waals surface area contributed by atoms with Crippen LogP contribution in [0, 0.1) is 0 Å². The third-order valence-corrected chi connectivity index (χ3v) is 6.44. The summed E-state index contributed by atoms with van der Waals surface area (Å²) in [6.07, 6.45) is 0.780. The van der Waals surface area contributed by atoms with Crippen molar-refractivity contribution in [2.24, 2.45) is 4.99 Å². The zero-order valence-electron chi connectivity index (χ0n) is 19.0. The van der Waals surface area contributed by atoms with E-state index in [2.05, 4.69) is 5.32 Å². The zero-order chi connectivity index (χ0) is 23.8. The normalized spacial score (nSPS) is 16.6. The summed E-state index contributed by atoms with van der Waals surface area (Å²) < 4.78 is 5.49. The van der Waals surface area contributed by atoms with Crippen LogP contribution in [0.5, 0.6) is 5.75 Å². The predicted molar refractivity (Wildman–Crippen MR) is 138 cm³/mol. The molecule has 1 fully saturated rings. The first-order chi connectivity index (χ1) is 16.6. The second-order valence-electron chi connectivity index (χ2n) is 7.78. The van der Waals surface area contributed by atoms with Crippen molar-refractivity contribution in [1.82, 2.24) is 4.90 Å². The number of rotatable bonds is 9. The third-order valence-electron chi connectivity index (χ3n) is 5.27. The average Bonchev–Trinajstić information content (AvgIpc) is 3.13. The summed E-state index contributed by atoms with van der Waals surface area (Å²) in [7, 11) is 0. The van der Waals surface area contributed by atoms with Crippen molar-refractivity contribution in [2.75, 3.05) is 18.5 Å². The number of carbonyl (C=O) groups is 2. The minimum Gasteiger partial charge on any atom is -0.494 e. The number of ether oxygens (including phenoxy) is 1. The van der Waals surface area contributed by atoms with Crippen LogP contribution < -0.4 is 10.1 Å². The zero-order valence-corrected chi connectivity index (χ0v) is 19.8. The van der Waals surface area contributed by atoms with Gasteiger partial charge in [-0.1, -0.05) is 66.4 Å². The molecule has 6 nitrogen and oxygen atoms in total. The SMILES string of the molecule is CCOc1cccc(NC(=O)C[C@@H]2SC(=Nc3ccccc3)N(CCc3ccccc3)C2=O)c1. The molecule has 174 valence electrons. The lowest BCUT2D eigenvalue weighted by molar-refractivity contribution is -0.128. The molecule has 1 N–H and O–H groups in total. The minimum absolute atomic E-state index is 0.0675. The van der Waals surface area contributed by atoms with Crippen LogP contribution in [0.25, 0.3) is 0 Å². The highest BCUT2D eigenvalue weighted by molar-refractivity contribution is 8.15. The van der Waals surface area contributed by atoms with Crippen molar-refractivity contribution in [3.63, 3.8) is 0 Å². The number of hydrogen-bond acceptors (Lipinski definition) is 5. The van der Waals surface area contributed by atoms with Crippen molar-refractivity contribution in [1.29, 1.82) is 0 Å². The van der Waals surface area contributed by atoms with Gasteiger partial charge in [0.1, 0.15) is 11.0 Å². The van der Waals surface area contributed by atoms with Crippen LogP contribution in [-0.4, -0.2) is 40.3 Å². The molecular formula is C27H27N3O3S. The third kappa shape index (κ3) is 6.26. The number of para-hydroxylation sites is 1. The lowest BCUT2D eigenvalue weighted by Crippen LogP contribution is -2.35. The van der Waals surface area contributed by atoms with Crippen molar-refractivity contribution in [3.05, 3.63) is 90.5 Å². The number of benzene rings is 3. The van der Waals surface area contributed by atoms with E-state index >= 15 is 0 Å². The first-order valence-electron chi connectivity index (χ1n) is 11.3. The standard InChI is InChI=1S/C27H27N3O3S/c1-2-33-23-15-9-14-22(18-23)28-25(31)19-24-26(32)30(17-16-20-10-5-3-6-11-20)27(34-24)29-21-12-7-4-8-13-21/h3-15,18,24H,2,16-17,19H2,1H3,(H,28,31)/t24-/m0/s1. The Morgan fingerprint density at radius 2 is 1.76 bits per heavy atom. The van der Waals surface area contributed by atoms with Gasteiger partial charge >= 0.3 is 0 Å². The van der Waals surface area contributed by atoms with E-state index in [1.807, 2.05) is 79.7 Å². The maximum absolute atomic E-state index is 13.3. The first-order valence-corrected chi connectivity index (χ1v) is 12.2. The molecule has 1 aliphatic heterocycles. The monoisotopic (exact) mass is 473 g/mol. The van der Waals surface area contributed by atoms with E-state index in [1.165, 1.54) is 11.8 Å². The highest BCUT2D eigenvalue weighted by atomic mass is 32.2. The molecule has 2 amide bonds. The number of hydrogen-bond donors (Lipinski definition) is 1. The number of carbonyl (C=O) groups excluding carboxylic acids is 2. The van der Waals surface area contributed by atoms with Crippen molar-refractivity contribution < 1.29 is 14.3 Å². The Labute approximate surface area is 204 Å². The molecule has 0 unspecified atom stereocenters. The van der Waals surface area contributed by atoms with Crippen LogP contribution in [0.1, 0.15) is 18.9 Å². The van der Waals surface area contributed by atoms with Crippen molar-refractivity contribution in [2.45, 2.75) is 25.0 Å². The van der Waals surface area contributed by atoms with Crippen molar-refractivity contribution >= 4 is 40.1 Å². The van der Waals surface area contributed by atoms with E-state index in [0.717, 1.165) is 11.3 Å². The van der Waals surface area contributed by atoms with E-state index < -0.39 is 5.25 Å². The Bertz CT molecular complexity index is 1150. The second-order valence-corrected chi connectivity index (χ2v) is 8.94. The molecule has 3 aromatic carbocycles. The van der Waals surface area contributed by atoms with Crippen LogP contribution in [-0.2, 0) is 16.0 Å². The van der Waals surface area contributed by atoms with Gasteiger partial charge in [0.05, 0.1) is 12.3 Å². The Morgan fingerprint density at radius 3 is 2.50 bits per heavy atom. The van der Waals surface area contributed by atoms with Crippen molar-refractivity contribution in [3.8, 4) is 5.75 Å². The van der Waals surface area contributed by atoms with E-state index in [1.54, 1.807) is 17.0 Å². The Morgan fingerprint density at radius 1 is 1.03 bits per heavy atom. The quantitative estimate of drug-likeness (QED) is 0.459. The largest absolute Gasteiger partial charge is 0.494 e. The highest BCUT2D eigenvalue weighted by Gasteiger charge is 2.39. The average molecular weight is 474 g/mol. The summed E-state index contributed by atoms with van der Waals surface area (Å²) in [4.78, 5) is 32.5. The summed E-state index contributed by atoms with van der Waals surface area (Å²) in [6.45, 7) is 2.97. The molecular weight excluding hydrogens is 446 g/mol. The maximum Gasteiger partial charge on any atom is 0.242 e. The first kappa shape index (κ1) is 23.6. The molecule has 0 aliphatic carbocycles. The molecule has 1 aliphatic rings. The van der Waals surface area contributed by atoms with Gasteiger partial charge in [0.25, 0.3) is 0 Å². The fourth-order valence-corrected chi connectivity index (χ4v) is 4.82. The number of amidine groups is 1. The van der Waals surface area contributed by atoms with Gasteiger partial charge in [-0.05, 0) is 43.2 Å². The molecule has 0 bridgehead atoms. The number of thioether (sulfide) groups is 1. The summed E-state index contributed by atoms with van der Waals surface area (Å²) in [5.41, 5.74) is 2.57. The highest BCUT2D eigenvalue weighted by Crippen LogP contribution is 2.32. The molecule has 34 heavy (non-hydrogen) atoms. The molecule has 3 aromatic rings. The van der Waals surface area contributed by atoms with Gasteiger partial charge in [-0.15, -0.1) is 0 Å². The number of nitrogens with one attached hydrogen (secondary N) is 1. The molecule has 0 radical (unpaired) electrons. The summed E-state index contributed by atoms with van der Waals surface area (Å²) in [5, 5.41) is 2.99. The fraction of sp³-hybridized carbons (Fsp3) is 0.222. The number of aliphatic imine (C=N–C) groups is 1. The van der Waals surface area contributed by atoms with Gasteiger partial charge in [0, 0.05) is 24.7 Å². The molecule has 1 atom stereocenters. The van der Waals surface area contributed by atoms with Gasteiger partial charge in [-0.3, -0.25) is 14.5 Å². The lowest BCUT2D eigenvalue weighted by Gasteiger charge is -2.16. The van der Waals surface area contributed by atoms with E-state index in [-0.39, 0.29) is 18.2 Å². The lowest BCUT2D eigenvalue weighted by atomic mass is 10.1. The Balaban J connectivity index is 1.46. The molecule has 1 heterocycles. The van der Waals surface area contributed by atoms with E-state index in [9.17, 15) is 9.59 Å². The van der Waals surface area contributed by atoms with Crippen LogP contribution in [0.15, 0.2) is 89.9 Å². The minimum atomic E-state index is -0.520. The maximum atomic E-state index is 13.3. The Kier molecular flexibility index (Phi) is 7.99. The molecule has 7 heteroatoms. The Hall–Kier alpha value is -3.58. The summed E-state index contributed by atoms with van der Waals surface area (Å²) >= 11 is 1.35. The molecule has 0 aromatic heterocycles. The summed E-state index contributed by atoms with van der Waals surface area (Å²) in [6, 6.07) is 26.8. The topological polar surface area (TPSA) is 71.0 Å². The number of amides is 2. The summed E-state index contributed by atoms with van der Waals surface area (Å²) in [5.74, 6) is 0.383. The van der Waals surface area contributed by atoms with Crippen LogP contribution in [0.4, 0.5) is 11.4 Å². The smallest absolute Gasteiger partial charge is 0.242 e. The fourth-order valence-electron chi connectivity index (χ4n) is 3.64. The molecule has 0 saturated carbocycles. The second kappa shape index (κ2) is 11.5. The molecule has 1 saturated heterocycles. The van der Waals surface area contributed by atoms with E-state index in [4.69, 9.17) is 9.73 Å². The molecule has 4 rings (SSSR count). The van der Waals surface area contributed by atoms with Gasteiger partial charge in [-0.2, -0.15) is 0 Å². The van der Waals surface area contributed by atoms with Crippen LogP contribution in [0.2, 0.25) is 0 Å². The predicted octanol–water partition coefficient (Wildman–Crippen LogP) is 5.29. The number of nitrogens with zero attached hydrogens (tertiary/aromatic N) is 2. The molecule has 0 spiro atoms. The van der Waals surface area contributed by atoms with Gasteiger partial charge in [-0.25, -0.2) is 4.99 Å². The van der Waals surface area contributed by atoms with Crippen LogP contribution >= 0.6 is 11.8 Å². The van der Waals surface area contributed by atoms with Gasteiger partial charge in [0.15, 0.2) is 5.17 Å². The van der Waals surface area contributed by atoms with E-state index in [0.29, 0.717) is 36.2 Å². The van der Waals surface area contributed by atoms with Crippen LogP contribution in [0.3, 0.4) is 0 Å². The number of anilines is 1. The van der Waals surface area contributed by atoms with Gasteiger partial charge < -0.3 is 10.1 Å².